The third kappa shape index (κ3) is 3.16. The molecule has 0 aliphatic heterocycles. The Morgan fingerprint density at radius 2 is 1.95 bits per heavy atom. The van der Waals surface area contributed by atoms with Crippen LogP contribution in [0.3, 0.4) is 0 Å². The molecule has 0 radical (unpaired) electrons. The van der Waals surface area contributed by atoms with Crippen LogP contribution in [0.4, 0.5) is 0 Å². The van der Waals surface area contributed by atoms with Gasteiger partial charge < -0.3 is 0 Å². The van der Waals surface area contributed by atoms with Crippen molar-refractivity contribution in [2.75, 3.05) is 0 Å². The molecule has 1 aromatic carbocycles. The summed E-state index contributed by atoms with van der Waals surface area (Å²) >= 11 is 0. The number of aromatic nitrogens is 2. The van der Waals surface area contributed by atoms with Crippen molar-refractivity contribution >= 4 is 5.78 Å². The summed E-state index contributed by atoms with van der Waals surface area (Å²) in [5.41, 5.74) is 3.16. The van der Waals surface area contributed by atoms with Gasteiger partial charge in [-0.2, -0.15) is 5.10 Å². The van der Waals surface area contributed by atoms with Crippen LogP contribution in [0, 0.1) is 0 Å². The third-order valence-electron chi connectivity index (χ3n) is 3.71. The van der Waals surface area contributed by atoms with Crippen LogP contribution in [0.25, 0.3) is 0 Å². The minimum Gasteiger partial charge on any atom is -0.299 e. The maximum absolute atomic E-state index is 12.4. The van der Waals surface area contributed by atoms with E-state index in [4.69, 9.17) is 0 Å². The topological polar surface area (TPSA) is 34.9 Å². The molecule has 2 rings (SSSR count). The van der Waals surface area contributed by atoms with E-state index in [1.807, 2.05) is 41.9 Å². The van der Waals surface area contributed by atoms with E-state index in [0.29, 0.717) is 6.42 Å². The highest BCUT2D eigenvalue weighted by Gasteiger charge is 2.17. The van der Waals surface area contributed by atoms with Gasteiger partial charge in [-0.05, 0) is 25.0 Å². The van der Waals surface area contributed by atoms with E-state index in [9.17, 15) is 4.79 Å². The zero-order chi connectivity index (χ0) is 14.5. The maximum Gasteiger partial charge on any atom is 0.145 e. The van der Waals surface area contributed by atoms with Gasteiger partial charge in [-0.25, -0.2) is 0 Å². The molecule has 1 atom stereocenters. The lowest BCUT2D eigenvalue weighted by Gasteiger charge is -2.11. The van der Waals surface area contributed by atoms with Gasteiger partial charge in [-0.1, -0.05) is 44.2 Å². The molecule has 20 heavy (non-hydrogen) atoms. The monoisotopic (exact) mass is 270 g/mol. The average molecular weight is 270 g/mol. The van der Waals surface area contributed by atoms with Crippen molar-refractivity contribution in [2.24, 2.45) is 0 Å². The van der Waals surface area contributed by atoms with E-state index >= 15 is 0 Å². The molecule has 1 unspecified atom stereocenters. The van der Waals surface area contributed by atoms with Gasteiger partial charge in [-0.3, -0.25) is 9.48 Å². The quantitative estimate of drug-likeness (QED) is 0.806. The molecule has 3 heteroatoms. The van der Waals surface area contributed by atoms with Gasteiger partial charge in [0.15, 0.2) is 0 Å². The predicted octanol–water partition coefficient (Wildman–Crippen LogP) is 3.38. The first-order valence-corrected chi connectivity index (χ1v) is 7.29. The van der Waals surface area contributed by atoms with Gasteiger partial charge in [0.25, 0.3) is 0 Å². The van der Waals surface area contributed by atoms with Crippen molar-refractivity contribution in [1.29, 1.82) is 0 Å². The van der Waals surface area contributed by atoms with E-state index in [1.165, 1.54) is 0 Å². The van der Waals surface area contributed by atoms with Crippen LogP contribution in [-0.4, -0.2) is 15.6 Å². The van der Waals surface area contributed by atoms with Crippen molar-refractivity contribution in [1.82, 2.24) is 9.78 Å². The third-order valence-corrected chi connectivity index (χ3v) is 3.71. The van der Waals surface area contributed by atoms with Crippen LogP contribution in [0.15, 0.2) is 36.4 Å². The molecule has 0 saturated heterocycles. The van der Waals surface area contributed by atoms with Gasteiger partial charge in [0.05, 0.1) is 5.69 Å². The molecule has 0 fully saturated rings. The number of carbonyl (C=O) groups excluding carboxylic acids is 1. The number of Topliss-reactive ketones (excluding diaryl/α,β-unsaturated/α-hetero) is 1. The number of carbonyl (C=O) groups is 1. The minimum atomic E-state index is -0.0681. The number of benzene rings is 1. The van der Waals surface area contributed by atoms with Gasteiger partial charge in [0.1, 0.15) is 5.78 Å². The first kappa shape index (κ1) is 14.5. The second-order valence-corrected chi connectivity index (χ2v) is 5.07. The smallest absolute Gasteiger partial charge is 0.145 e. The summed E-state index contributed by atoms with van der Waals surface area (Å²) in [6.07, 6.45) is 1.36. The molecule has 106 valence electrons. The van der Waals surface area contributed by atoms with Crippen LogP contribution in [0.5, 0.6) is 0 Å². The lowest BCUT2D eigenvalue weighted by atomic mass is 9.94. The van der Waals surface area contributed by atoms with E-state index in [1.54, 1.807) is 0 Å². The molecule has 0 saturated carbocycles. The number of ketones is 1. The lowest BCUT2D eigenvalue weighted by Crippen LogP contribution is -2.15. The summed E-state index contributed by atoms with van der Waals surface area (Å²) in [6, 6.07) is 12.0. The van der Waals surface area contributed by atoms with Crippen LogP contribution in [0.1, 0.15) is 43.6 Å². The second-order valence-electron chi connectivity index (χ2n) is 5.07. The Labute approximate surface area is 120 Å². The standard InChI is InChI=1S/C17H22N2O/c1-4-15-11-16(19(5-2)18-15)12-17(20)13(3)14-9-7-6-8-10-14/h6-11,13H,4-5,12H2,1-3H3. The van der Waals surface area contributed by atoms with Crippen LogP contribution < -0.4 is 0 Å². The van der Waals surface area contributed by atoms with Gasteiger partial charge in [-0.15, -0.1) is 0 Å². The first-order valence-electron chi connectivity index (χ1n) is 7.29. The van der Waals surface area contributed by atoms with Crippen molar-refractivity contribution in [3.8, 4) is 0 Å². The molecule has 1 heterocycles. The Balaban J connectivity index is 2.13. The predicted molar refractivity (Wildman–Crippen MR) is 80.8 cm³/mol. The van der Waals surface area contributed by atoms with Crippen molar-refractivity contribution in [3.05, 3.63) is 53.3 Å². The fourth-order valence-corrected chi connectivity index (χ4v) is 2.36. The number of nitrogens with zero attached hydrogens (tertiary/aromatic N) is 2. The Morgan fingerprint density at radius 1 is 1.25 bits per heavy atom. The van der Waals surface area contributed by atoms with Crippen molar-refractivity contribution in [3.63, 3.8) is 0 Å². The fourth-order valence-electron chi connectivity index (χ4n) is 2.36. The summed E-state index contributed by atoms with van der Waals surface area (Å²) in [5.74, 6) is 0.176. The van der Waals surface area contributed by atoms with E-state index in [0.717, 1.165) is 29.9 Å². The summed E-state index contributed by atoms with van der Waals surface area (Å²) < 4.78 is 1.94. The minimum absolute atomic E-state index is 0.0681. The van der Waals surface area contributed by atoms with Crippen LogP contribution >= 0.6 is 0 Å². The van der Waals surface area contributed by atoms with Crippen LogP contribution in [-0.2, 0) is 24.2 Å². The molecule has 3 nitrogen and oxygen atoms in total. The van der Waals surface area contributed by atoms with Crippen molar-refractivity contribution in [2.45, 2.75) is 46.1 Å². The summed E-state index contributed by atoms with van der Waals surface area (Å²) in [5, 5.41) is 4.50. The highest BCUT2D eigenvalue weighted by molar-refractivity contribution is 5.87. The Morgan fingerprint density at radius 3 is 2.55 bits per heavy atom. The van der Waals surface area contributed by atoms with Gasteiger partial charge in [0.2, 0.25) is 0 Å². The summed E-state index contributed by atoms with van der Waals surface area (Å²) in [4.78, 5) is 12.4. The Bertz CT molecular complexity index is 572. The normalized spacial score (nSPS) is 12.3. The molecule has 0 bridgehead atoms. The molecule has 2 aromatic rings. The van der Waals surface area contributed by atoms with E-state index in [-0.39, 0.29) is 11.7 Å². The molecule has 0 spiro atoms. The number of rotatable bonds is 6. The number of hydrogen-bond donors (Lipinski definition) is 0. The summed E-state index contributed by atoms with van der Waals surface area (Å²) in [6.45, 7) is 6.93. The Kier molecular flexibility index (Phi) is 4.72. The Hall–Kier alpha value is -1.90. The molecule has 0 amide bonds. The largest absolute Gasteiger partial charge is 0.299 e. The second kappa shape index (κ2) is 6.51. The lowest BCUT2D eigenvalue weighted by molar-refractivity contribution is -0.119. The van der Waals surface area contributed by atoms with E-state index in [2.05, 4.69) is 25.0 Å². The SMILES string of the molecule is CCc1cc(CC(=O)C(C)c2ccccc2)n(CC)n1. The van der Waals surface area contributed by atoms with Crippen molar-refractivity contribution < 1.29 is 4.79 Å². The first-order chi connectivity index (χ1) is 9.65. The molecule has 1 aromatic heterocycles. The average Bonchev–Trinajstić information content (AvgIpc) is 2.89. The van der Waals surface area contributed by atoms with Gasteiger partial charge >= 0.3 is 0 Å². The molecular weight excluding hydrogens is 248 g/mol. The molecule has 0 aliphatic rings. The van der Waals surface area contributed by atoms with Gasteiger partial charge in [0, 0.05) is 24.6 Å². The number of hydrogen-bond acceptors (Lipinski definition) is 2. The molecule has 0 N–H and O–H groups in total. The highest BCUT2D eigenvalue weighted by atomic mass is 16.1. The van der Waals surface area contributed by atoms with Crippen LogP contribution in [0.2, 0.25) is 0 Å². The molecular formula is C17H22N2O. The molecule has 0 aliphatic carbocycles. The summed E-state index contributed by atoms with van der Waals surface area (Å²) in [7, 11) is 0. The zero-order valence-electron chi connectivity index (χ0n) is 12.5. The van der Waals surface area contributed by atoms with E-state index < -0.39 is 0 Å². The fraction of sp³-hybridized carbons (Fsp3) is 0.412. The zero-order valence-corrected chi connectivity index (χ0v) is 12.5. The number of aryl methyl sites for hydroxylation is 2. The maximum atomic E-state index is 12.4. The highest BCUT2D eigenvalue weighted by Crippen LogP contribution is 2.18.